The van der Waals surface area contributed by atoms with Crippen molar-refractivity contribution in [2.24, 2.45) is 0 Å². The molecule has 1 aromatic rings. The Bertz CT molecular complexity index is 516. The average molecular weight is 279 g/mol. The van der Waals surface area contributed by atoms with E-state index in [2.05, 4.69) is 0 Å². The predicted molar refractivity (Wildman–Crippen MR) is 55.6 cm³/mol. The molecule has 2 nitrogen and oxygen atoms in total. The van der Waals surface area contributed by atoms with Crippen LogP contribution in [0, 0.1) is 29.1 Å². The van der Waals surface area contributed by atoms with Gasteiger partial charge in [-0.1, -0.05) is 0 Å². The summed E-state index contributed by atoms with van der Waals surface area (Å²) < 4.78 is 66.2. The molecule has 104 valence electrons. The van der Waals surface area contributed by atoms with Crippen LogP contribution in [0.1, 0.15) is 31.4 Å². The fraction of sp³-hybridized carbons (Fsp3) is 0.417. The highest BCUT2D eigenvalue weighted by molar-refractivity contribution is 5.78. The summed E-state index contributed by atoms with van der Waals surface area (Å²) in [6.45, 7) is 1.47. The van der Waals surface area contributed by atoms with Gasteiger partial charge in [-0.2, -0.15) is 0 Å². The van der Waals surface area contributed by atoms with E-state index in [0.717, 1.165) is 4.90 Å². The number of nitrogens with zero attached hydrogens (tertiary/aromatic N) is 1. The highest BCUT2D eigenvalue weighted by atomic mass is 19.2. The molecule has 0 N–H and O–H groups in total. The number of hydrogen-bond donors (Lipinski definition) is 0. The van der Waals surface area contributed by atoms with Crippen LogP contribution < -0.4 is 0 Å². The molecule has 0 aliphatic carbocycles. The summed E-state index contributed by atoms with van der Waals surface area (Å²) in [5.41, 5.74) is -0.966. The zero-order valence-electron chi connectivity index (χ0n) is 9.94. The quantitative estimate of drug-likeness (QED) is 0.463. The van der Waals surface area contributed by atoms with Gasteiger partial charge in [0, 0.05) is 13.0 Å². The Hall–Kier alpha value is -1.66. The molecular formula is C12H10F5NO. The van der Waals surface area contributed by atoms with Crippen molar-refractivity contribution in [2.75, 3.05) is 6.54 Å². The van der Waals surface area contributed by atoms with Crippen LogP contribution >= 0.6 is 0 Å². The van der Waals surface area contributed by atoms with Crippen LogP contribution in [-0.2, 0) is 4.79 Å². The van der Waals surface area contributed by atoms with Crippen molar-refractivity contribution >= 4 is 5.91 Å². The SMILES string of the molecule is C[C@H](c1c(F)c(F)c(F)c(F)c1F)N1CCCC1=O. The van der Waals surface area contributed by atoms with Crippen LogP contribution in [0.2, 0.25) is 0 Å². The second-order valence-corrected chi connectivity index (χ2v) is 4.35. The number of likely N-dealkylation sites (tertiary alicyclic amines) is 1. The van der Waals surface area contributed by atoms with Gasteiger partial charge < -0.3 is 4.90 Å². The van der Waals surface area contributed by atoms with E-state index in [9.17, 15) is 26.7 Å². The van der Waals surface area contributed by atoms with Crippen LogP contribution in [-0.4, -0.2) is 17.4 Å². The maximum atomic E-state index is 13.6. The Morgan fingerprint density at radius 3 is 1.84 bits per heavy atom. The lowest BCUT2D eigenvalue weighted by molar-refractivity contribution is -0.129. The van der Waals surface area contributed by atoms with Gasteiger partial charge in [0.05, 0.1) is 11.6 Å². The number of carbonyl (C=O) groups excluding carboxylic acids is 1. The van der Waals surface area contributed by atoms with Gasteiger partial charge in [0.15, 0.2) is 23.3 Å². The Kier molecular flexibility index (Phi) is 3.47. The molecule has 1 fully saturated rings. The average Bonchev–Trinajstić information content (AvgIpc) is 2.80. The summed E-state index contributed by atoms with van der Waals surface area (Å²) in [4.78, 5) is 12.6. The summed E-state index contributed by atoms with van der Waals surface area (Å²) in [7, 11) is 0. The van der Waals surface area contributed by atoms with Crippen LogP contribution in [0.25, 0.3) is 0 Å². The molecule has 19 heavy (non-hydrogen) atoms. The van der Waals surface area contributed by atoms with E-state index in [-0.39, 0.29) is 18.9 Å². The first kappa shape index (κ1) is 13.8. The van der Waals surface area contributed by atoms with Crippen LogP contribution in [0.5, 0.6) is 0 Å². The highest BCUT2D eigenvalue weighted by Crippen LogP contribution is 2.32. The Balaban J connectivity index is 2.53. The molecule has 1 amide bonds. The normalized spacial score (nSPS) is 17.2. The number of benzene rings is 1. The summed E-state index contributed by atoms with van der Waals surface area (Å²) in [6, 6.07) is -1.19. The largest absolute Gasteiger partial charge is 0.336 e. The van der Waals surface area contributed by atoms with Gasteiger partial charge in [-0.05, 0) is 13.3 Å². The van der Waals surface area contributed by atoms with Gasteiger partial charge >= 0.3 is 0 Å². The van der Waals surface area contributed by atoms with E-state index < -0.39 is 40.7 Å². The minimum absolute atomic E-state index is 0.208. The molecule has 1 aliphatic heterocycles. The van der Waals surface area contributed by atoms with E-state index in [1.54, 1.807) is 0 Å². The zero-order valence-corrected chi connectivity index (χ0v) is 9.94. The van der Waals surface area contributed by atoms with Crippen molar-refractivity contribution < 1.29 is 26.7 Å². The second kappa shape index (κ2) is 4.79. The molecule has 1 saturated heterocycles. The summed E-state index contributed by atoms with van der Waals surface area (Å²) in [6.07, 6.45) is 0.707. The van der Waals surface area contributed by atoms with Crippen molar-refractivity contribution in [1.29, 1.82) is 0 Å². The van der Waals surface area contributed by atoms with Gasteiger partial charge in [0.2, 0.25) is 11.7 Å². The summed E-state index contributed by atoms with van der Waals surface area (Å²) >= 11 is 0. The van der Waals surface area contributed by atoms with Crippen LogP contribution in [0.4, 0.5) is 22.0 Å². The standard InChI is InChI=1S/C12H10F5NO/c1-5(18-4-2-3-6(18)19)7-8(13)10(15)12(17)11(16)9(7)14/h5H,2-4H2,1H3/t5-/m1/s1. The molecule has 0 aromatic heterocycles. The van der Waals surface area contributed by atoms with Crippen LogP contribution in [0.3, 0.4) is 0 Å². The van der Waals surface area contributed by atoms with Crippen LogP contribution in [0.15, 0.2) is 0 Å². The van der Waals surface area contributed by atoms with Crippen molar-refractivity contribution in [3.05, 3.63) is 34.6 Å². The summed E-state index contributed by atoms with van der Waals surface area (Å²) in [5, 5.41) is 0. The van der Waals surface area contributed by atoms with E-state index >= 15 is 0 Å². The Morgan fingerprint density at radius 2 is 1.42 bits per heavy atom. The Morgan fingerprint density at radius 1 is 0.947 bits per heavy atom. The minimum Gasteiger partial charge on any atom is -0.336 e. The van der Waals surface area contributed by atoms with E-state index in [1.165, 1.54) is 6.92 Å². The maximum absolute atomic E-state index is 13.6. The lowest BCUT2D eigenvalue weighted by Crippen LogP contribution is -2.30. The first-order chi connectivity index (χ1) is 8.86. The van der Waals surface area contributed by atoms with E-state index in [1.807, 2.05) is 0 Å². The lowest BCUT2D eigenvalue weighted by atomic mass is 10.0. The molecule has 0 saturated carbocycles. The van der Waals surface area contributed by atoms with Crippen molar-refractivity contribution in [3.8, 4) is 0 Å². The number of halogens is 5. The molecule has 1 aliphatic rings. The zero-order chi connectivity index (χ0) is 14.3. The van der Waals surface area contributed by atoms with Crippen molar-refractivity contribution in [2.45, 2.75) is 25.8 Å². The first-order valence-corrected chi connectivity index (χ1v) is 5.67. The molecule has 0 bridgehead atoms. The molecular weight excluding hydrogens is 269 g/mol. The molecule has 1 aromatic carbocycles. The fourth-order valence-corrected chi connectivity index (χ4v) is 2.22. The highest BCUT2D eigenvalue weighted by Gasteiger charge is 2.34. The van der Waals surface area contributed by atoms with Gasteiger partial charge in [-0.25, -0.2) is 22.0 Å². The van der Waals surface area contributed by atoms with Crippen molar-refractivity contribution in [1.82, 2.24) is 4.90 Å². The Labute approximate surface area is 105 Å². The maximum Gasteiger partial charge on any atom is 0.223 e. The van der Waals surface area contributed by atoms with Gasteiger partial charge in [0.1, 0.15) is 0 Å². The lowest BCUT2D eigenvalue weighted by Gasteiger charge is -2.25. The third-order valence-electron chi connectivity index (χ3n) is 3.24. The molecule has 2 rings (SSSR count). The number of hydrogen-bond acceptors (Lipinski definition) is 1. The first-order valence-electron chi connectivity index (χ1n) is 5.67. The number of rotatable bonds is 2. The molecule has 0 radical (unpaired) electrons. The van der Waals surface area contributed by atoms with E-state index in [0.29, 0.717) is 6.42 Å². The fourth-order valence-electron chi connectivity index (χ4n) is 2.22. The van der Waals surface area contributed by atoms with Gasteiger partial charge in [0.25, 0.3) is 0 Å². The number of amides is 1. The minimum atomic E-state index is -2.20. The predicted octanol–water partition coefficient (Wildman–Crippen LogP) is 3.07. The van der Waals surface area contributed by atoms with Gasteiger partial charge in [-0.3, -0.25) is 4.79 Å². The smallest absolute Gasteiger partial charge is 0.223 e. The number of carbonyl (C=O) groups is 1. The molecule has 0 spiro atoms. The third kappa shape index (κ3) is 2.06. The molecule has 1 atom stereocenters. The van der Waals surface area contributed by atoms with E-state index in [4.69, 9.17) is 0 Å². The van der Waals surface area contributed by atoms with Crippen molar-refractivity contribution in [3.63, 3.8) is 0 Å². The molecule has 7 heteroatoms. The second-order valence-electron chi connectivity index (χ2n) is 4.35. The molecule has 1 heterocycles. The van der Waals surface area contributed by atoms with Gasteiger partial charge in [-0.15, -0.1) is 0 Å². The molecule has 0 unspecified atom stereocenters. The topological polar surface area (TPSA) is 20.3 Å². The summed E-state index contributed by atoms with van der Waals surface area (Å²) in [5.74, 6) is -10.3. The third-order valence-corrected chi connectivity index (χ3v) is 3.24. The monoisotopic (exact) mass is 279 g/mol.